The van der Waals surface area contributed by atoms with E-state index in [0.717, 1.165) is 40.6 Å². The monoisotopic (exact) mass is 380 g/mol. The van der Waals surface area contributed by atoms with Crippen LogP contribution in [0.4, 0.5) is 0 Å². The van der Waals surface area contributed by atoms with Crippen molar-refractivity contribution in [3.8, 4) is 10.6 Å². The number of nitrogens with one attached hydrogen (secondary N) is 1. The summed E-state index contributed by atoms with van der Waals surface area (Å²) in [4.78, 5) is 17.0. The summed E-state index contributed by atoms with van der Waals surface area (Å²) in [5.41, 5.74) is 2.55. The number of benzene rings is 1. The molecule has 4 fully saturated rings. The van der Waals surface area contributed by atoms with Crippen LogP contribution >= 0.6 is 11.3 Å². The molecular weight excluding hydrogens is 352 g/mol. The van der Waals surface area contributed by atoms with Gasteiger partial charge in [0, 0.05) is 17.5 Å². The van der Waals surface area contributed by atoms with Gasteiger partial charge in [0.25, 0.3) is 0 Å². The van der Waals surface area contributed by atoms with E-state index in [1.165, 1.54) is 44.9 Å². The van der Waals surface area contributed by atoms with Crippen molar-refractivity contribution in [3.63, 3.8) is 0 Å². The molecule has 1 aromatic heterocycles. The van der Waals surface area contributed by atoms with Crippen LogP contribution in [0.3, 0.4) is 0 Å². The number of carbonyl (C=O) groups excluding carboxylic acids is 1. The molecule has 0 radical (unpaired) electrons. The van der Waals surface area contributed by atoms with E-state index < -0.39 is 0 Å². The van der Waals surface area contributed by atoms with Crippen LogP contribution in [0, 0.1) is 23.2 Å². The van der Waals surface area contributed by atoms with Crippen molar-refractivity contribution in [3.05, 3.63) is 41.4 Å². The van der Waals surface area contributed by atoms with Gasteiger partial charge >= 0.3 is 0 Å². The summed E-state index contributed by atoms with van der Waals surface area (Å²) in [6.45, 7) is 0.834. The van der Waals surface area contributed by atoms with Crippen molar-refractivity contribution in [2.45, 2.75) is 51.4 Å². The minimum absolute atomic E-state index is 0.115. The summed E-state index contributed by atoms with van der Waals surface area (Å²) in [7, 11) is 0. The van der Waals surface area contributed by atoms with E-state index in [4.69, 9.17) is 0 Å². The maximum atomic E-state index is 12.4. The van der Waals surface area contributed by atoms with Gasteiger partial charge in [-0.1, -0.05) is 30.3 Å². The maximum Gasteiger partial charge on any atom is 0.226 e. The van der Waals surface area contributed by atoms with Gasteiger partial charge in [0.2, 0.25) is 5.91 Å². The van der Waals surface area contributed by atoms with E-state index in [-0.39, 0.29) is 5.91 Å². The van der Waals surface area contributed by atoms with Crippen LogP contribution in [0.2, 0.25) is 0 Å². The fraction of sp³-hybridized carbons (Fsp3) is 0.565. The Hall–Kier alpha value is -1.68. The second-order valence-corrected chi connectivity index (χ2v) is 10.1. The van der Waals surface area contributed by atoms with Gasteiger partial charge in [-0.2, -0.15) is 0 Å². The zero-order valence-corrected chi connectivity index (χ0v) is 16.6. The molecule has 27 heavy (non-hydrogen) atoms. The van der Waals surface area contributed by atoms with Crippen LogP contribution in [0.1, 0.15) is 50.6 Å². The summed E-state index contributed by atoms with van der Waals surface area (Å²) >= 11 is 1.62. The van der Waals surface area contributed by atoms with E-state index in [2.05, 4.69) is 22.4 Å². The van der Waals surface area contributed by atoms with Crippen LogP contribution in [0.25, 0.3) is 10.6 Å². The van der Waals surface area contributed by atoms with E-state index in [9.17, 15) is 4.79 Å². The molecule has 1 aromatic carbocycles. The zero-order valence-electron chi connectivity index (χ0n) is 15.8. The van der Waals surface area contributed by atoms with Crippen molar-refractivity contribution < 1.29 is 4.79 Å². The lowest BCUT2D eigenvalue weighted by atomic mass is 9.49. The first-order chi connectivity index (χ1) is 13.2. The molecule has 0 saturated heterocycles. The Kier molecular flexibility index (Phi) is 4.55. The number of rotatable bonds is 6. The highest BCUT2D eigenvalue weighted by molar-refractivity contribution is 7.13. The van der Waals surface area contributed by atoms with Gasteiger partial charge in [0.05, 0.1) is 12.1 Å². The van der Waals surface area contributed by atoms with E-state index in [0.29, 0.717) is 11.8 Å². The first-order valence-electron chi connectivity index (χ1n) is 10.4. The van der Waals surface area contributed by atoms with Gasteiger partial charge in [0.15, 0.2) is 0 Å². The van der Waals surface area contributed by atoms with E-state index in [1.54, 1.807) is 11.3 Å². The number of thiazole rings is 1. The molecule has 3 nitrogen and oxygen atoms in total. The largest absolute Gasteiger partial charge is 0.356 e. The molecule has 142 valence electrons. The van der Waals surface area contributed by atoms with Crippen LogP contribution in [0.15, 0.2) is 35.7 Å². The average Bonchev–Trinajstić information content (AvgIpc) is 3.09. The molecule has 4 aliphatic rings. The first kappa shape index (κ1) is 17.4. The standard InChI is InChI=1S/C23H28N2OS/c26-21(11-20-15-27-22(25-20)19-4-2-1-3-5-19)24-7-6-23-12-16-8-17(13-23)10-18(9-16)14-23/h1-5,15-18H,6-14H2,(H,24,26). The summed E-state index contributed by atoms with van der Waals surface area (Å²) < 4.78 is 0. The highest BCUT2D eigenvalue weighted by Crippen LogP contribution is 2.61. The van der Waals surface area contributed by atoms with Crippen molar-refractivity contribution in [1.82, 2.24) is 10.3 Å². The highest BCUT2D eigenvalue weighted by Gasteiger charge is 2.50. The number of hydrogen-bond donors (Lipinski definition) is 1. The molecule has 0 aliphatic heterocycles. The van der Waals surface area contributed by atoms with Gasteiger partial charge in [-0.3, -0.25) is 4.79 Å². The zero-order chi connectivity index (χ0) is 18.3. The van der Waals surface area contributed by atoms with Crippen molar-refractivity contribution in [2.75, 3.05) is 6.54 Å². The van der Waals surface area contributed by atoms with Crippen molar-refractivity contribution in [1.29, 1.82) is 0 Å². The molecule has 0 atom stereocenters. The normalized spacial score (nSPS) is 31.2. The van der Waals surface area contributed by atoms with Crippen LogP contribution in [-0.4, -0.2) is 17.4 Å². The minimum atomic E-state index is 0.115. The molecule has 1 amide bonds. The highest BCUT2D eigenvalue weighted by atomic mass is 32.1. The fourth-order valence-corrected chi connectivity index (χ4v) is 7.22. The lowest BCUT2D eigenvalue weighted by molar-refractivity contribution is -0.120. The SMILES string of the molecule is O=C(Cc1csc(-c2ccccc2)n1)NCCC12CC3CC(CC(C3)C1)C2. The molecule has 4 bridgehead atoms. The van der Waals surface area contributed by atoms with Crippen LogP contribution < -0.4 is 5.32 Å². The molecule has 0 unspecified atom stereocenters. The number of carbonyl (C=O) groups is 1. The summed E-state index contributed by atoms with van der Waals surface area (Å²) in [6, 6.07) is 10.2. The maximum absolute atomic E-state index is 12.4. The lowest BCUT2D eigenvalue weighted by Gasteiger charge is -2.57. The Labute approximate surface area is 165 Å². The molecule has 4 aliphatic carbocycles. The third-order valence-corrected chi connectivity index (χ3v) is 8.00. The second kappa shape index (κ2) is 7.05. The predicted octanol–water partition coefficient (Wildman–Crippen LogP) is 5.08. The van der Waals surface area contributed by atoms with E-state index >= 15 is 0 Å². The smallest absolute Gasteiger partial charge is 0.226 e. The van der Waals surface area contributed by atoms with Crippen molar-refractivity contribution >= 4 is 17.2 Å². The molecule has 2 aromatic rings. The molecule has 4 heteroatoms. The third-order valence-electron chi connectivity index (χ3n) is 7.06. The molecule has 0 spiro atoms. The summed E-state index contributed by atoms with van der Waals surface area (Å²) in [5, 5.41) is 6.19. The first-order valence-corrected chi connectivity index (χ1v) is 11.3. The number of hydrogen-bond acceptors (Lipinski definition) is 3. The van der Waals surface area contributed by atoms with E-state index in [1.807, 2.05) is 23.6 Å². The Morgan fingerprint density at radius 1 is 1.07 bits per heavy atom. The van der Waals surface area contributed by atoms with Gasteiger partial charge < -0.3 is 5.32 Å². The number of nitrogens with zero attached hydrogens (tertiary/aromatic N) is 1. The van der Waals surface area contributed by atoms with Gasteiger partial charge in [-0.25, -0.2) is 4.98 Å². The van der Waals surface area contributed by atoms with Crippen LogP contribution in [0.5, 0.6) is 0 Å². The summed E-state index contributed by atoms with van der Waals surface area (Å²) in [6.07, 6.45) is 10.3. The third kappa shape index (κ3) is 3.69. The fourth-order valence-electron chi connectivity index (χ4n) is 6.39. The average molecular weight is 381 g/mol. The summed E-state index contributed by atoms with van der Waals surface area (Å²) in [5.74, 6) is 3.07. The van der Waals surface area contributed by atoms with Crippen molar-refractivity contribution in [2.24, 2.45) is 23.2 Å². The molecule has 6 rings (SSSR count). The number of amides is 1. The molecule has 1 N–H and O–H groups in total. The predicted molar refractivity (Wildman–Crippen MR) is 109 cm³/mol. The minimum Gasteiger partial charge on any atom is -0.356 e. The van der Waals surface area contributed by atoms with Gasteiger partial charge in [-0.05, 0) is 68.1 Å². The Bertz CT molecular complexity index is 778. The number of aromatic nitrogens is 1. The molecule has 4 saturated carbocycles. The van der Waals surface area contributed by atoms with Gasteiger partial charge in [0.1, 0.15) is 5.01 Å². The van der Waals surface area contributed by atoms with Crippen LogP contribution in [-0.2, 0) is 11.2 Å². The Morgan fingerprint density at radius 2 is 1.74 bits per heavy atom. The quantitative estimate of drug-likeness (QED) is 0.760. The van der Waals surface area contributed by atoms with Gasteiger partial charge in [-0.15, -0.1) is 11.3 Å². The molecular formula is C23H28N2OS. The Morgan fingerprint density at radius 3 is 2.41 bits per heavy atom. The molecule has 1 heterocycles. The topological polar surface area (TPSA) is 42.0 Å². The Balaban J connectivity index is 1.13. The second-order valence-electron chi connectivity index (χ2n) is 9.20. The lowest BCUT2D eigenvalue weighted by Crippen LogP contribution is -2.47.